The van der Waals surface area contributed by atoms with Gasteiger partial charge >= 0.3 is 0 Å². The van der Waals surface area contributed by atoms with Crippen molar-refractivity contribution in [1.29, 1.82) is 0 Å². The van der Waals surface area contributed by atoms with Gasteiger partial charge in [0.15, 0.2) is 0 Å². The molecule has 3 rings (SSSR count). The molecule has 0 saturated heterocycles. The first-order chi connectivity index (χ1) is 16.3. The molecule has 0 aromatic heterocycles. The van der Waals surface area contributed by atoms with E-state index in [1.54, 1.807) is 55.7 Å². The van der Waals surface area contributed by atoms with Gasteiger partial charge in [0, 0.05) is 6.08 Å². The standard InChI is InChI=1S/C27H28BrNO4S/c1-4-5-6-21-9-13-23(14-10-21)29(34(31,32)24-15-7-20(2)8-16-24)27(30)18-12-22-11-17-26(33-3)25(28)19-22/h7-19H,4-6H2,1-3H3/b18-12+. The van der Waals surface area contributed by atoms with Crippen LogP contribution >= 0.6 is 15.9 Å². The van der Waals surface area contributed by atoms with Crippen molar-refractivity contribution in [2.24, 2.45) is 0 Å². The smallest absolute Gasteiger partial charge is 0.271 e. The van der Waals surface area contributed by atoms with Crippen molar-refractivity contribution >= 4 is 43.6 Å². The lowest BCUT2D eigenvalue weighted by Crippen LogP contribution is -2.35. The number of nitrogens with zero attached hydrogens (tertiary/aromatic N) is 1. The summed E-state index contributed by atoms with van der Waals surface area (Å²) in [4.78, 5) is 13.3. The molecule has 34 heavy (non-hydrogen) atoms. The lowest BCUT2D eigenvalue weighted by atomic mass is 10.1. The Hall–Kier alpha value is -2.90. The molecule has 5 nitrogen and oxygen atoms in total. The van der Waals surface area contributed by atoms with Crippen LogP contribution in [0.4, 0.5) is 5.69 Å². The SMILES string of the molecule is CCCCc1ccc(N(C(=O)/C=C/c2ccc(OC)c(Br)c2)S(=O)(=O)c2ccc(C)cc2)cc1. The Morgan fingerprint density at radius 2 is 1.71 bits per heavy atom. The highest BCUT2D eigenvalue weighted by atomic mass is 79.9. The van der Waals surface area contributed by atoms with E-state index >= 15 is 0 Å². The second kappa shape index (κ2) is 11.5. The third kappa shape index (κ3) is 6.15. The van der Waals surface area contributed by atoms with Crippen LogP contribution in [0.2, 0.25) is 0 Å². The predicted octanol–water partition coefficient (Wildman–Crippen LogP) is 6.54. The molecule has 1 amide bonds. The molecule has 0 aliphatic rings. The molecule has 0 aliphatic carbocycles. The van der Waals surface area contributed by atoms with Crippen LogP contribution in [0.1, 0.15) is 36.5 Å². The summed E-state index contributed by atoms with van der Waals surface area (Å²) in [6.45, 7) is 4.00. The molecule has 0 spiro atoms. The summed E-state index contributed by atoms with van der Waals surface area (Å²) in [6.07, 6.45) is 5.87. The summed E-state index contributed by atoms with van der Waals surface area (Å²) < 4.78 is 33.9. The van der Waals surface area contributed by atoms with E-state index in [4.69, 9.17) is 4.74 Å². The Morgan fingerprint density at radius 1 is 1.03 bits per heavy atom. The predicted molar refractivity (Wildman–Crippen MR) is 141 cm³/mol. The lowest BCUT2D eigenvalue weighted by molar-refractivity contribution is -0.113. The molecular weight excluding hydrogens is 514 g/mol. The first kappa shape index (κ1) is 25.7. The van der Waals surface area contributed by atoms with Crippen molar-refractivity contribution in [2.75, 3.05) is 11.4 Å². The van der Waals surface area contributed by atoms with Crippen molar-refractivity contribution in [3.8, 4) is 5.75 Å². The fourth-order valence-electron chi connectivity index (χ4n) is 3.40. The zero-order valence-electron chi connectivity index (χ0n) is 19.5. The number of halogens is 1. The Morgan fingerprint density at radius 3 is 2.29 bits per heavy atom. The summed E-state index contributed by atoms with van der Waals surface area (Å²) in [5.74, 6) is 0.00374. The average Bonchev–Trinajstić information content (AvgIpc) is 2.82. The van der Waals surface area contributed by atoms with Crippen LogP contribution in [0.25, 0.3) is 6.08 Å². The number of amides is 1. The second-order valence-corrected chi connectivity index (χ2v) is 10.6. The number of methoxy groups -OCH3 is 1. The molecular formula is C27H28BrNO4S. The summed E-state index contributed by atoms with van der Waals surface area (Å²) in [6, 6.07) is 18.9. The molecule has 0 saturated carbocycles. The van der Waals surface area contributed by atoms with Crippen molar-refractivity contribution in [3.05, 3.63) is 94.0 Å². The van der Waals surface area contributed by atoms with Crippen LogP contribution in [0.15, 0.2) is 82.2 Å². The molecule has 0 aliphatic heterocycles. The topological polar surface area (TPSA) is 63.7 Å². The van der Waals surface area contributed by atoms with Crippen LogP contribution in [0.5, 0.6) is 5.75 Å². The number of hydrogen-bond acceptors (Lipinski definition) is 4. The maximum Gasteiger partial charge on any atom is 0.271 e. The number of carbonyl (C=O) groups is 1. The Balaban J connectivity index is 1.99. The van der Waals surface area contributed by atoms with E-state index in [1.165, 1.54) is 18.2 Å². The first-order valence-corrected chi connectivity index (χ1v) is 13.3. The quantitative estimate of drug-likeness (QED) is 0.288. The monoisotopic (exact) mass is 541 g/mol. The highest BCUT2D eigenvalue weighted by Crippen LogP contribution is 2.28. The Labute approximate surface area is 210 Å². The van der Waals surface area contributed by atoms with E-state index in [1.807, 2.05) is 19.1 Å². The number of sulfonamides is 1. The van der Waals surface area contributed by atoms with Gasteiger partial charge in [0.05, 0.1) is 22.2 Å². The fourth-order valence-corrected chi connectivity index (χ4v) is 5.35. The largest absolute Gasteiger partial charge is 0.496 e. The zero-order chi connectivity index (χ0) is 24.7. The fraction of sp³-hybridized carbons (Fsp3) is 0.222. The van der Waals surface area contributed by atoms with E-state index in [0.29, 0.717) is 11.4 Å². The number of rotatable bonds is 9. The number of aryl methyl sites for hydroxylation is 2. The van der Waals surface area contributed by atoms with Gasteiger partial charge in [-0.15, -0.1) is 0 Å². The zero-order valence-corrected chi connectivity index (χ0v) is 21.9. The Kier molecular flexibility index (Phi) is 8.69. The molecule has 0 bridgehead atoms. The highest BCUT2D eigenvalue weighted by molar-refractivity contribution is 9.10. The lowest BCUT2D eigenvalue weighted by Gasteiger charge is -2.22. The third-order valence-electron chi connectivity index (χ3n) is 5.34. The molecule has 178 valence electrons. The number of ether oxygens (including phenoxy) is 1. The number of carbonyl (C=O) groups excluding carboxylic acids is 1. The second-order valence-electron chi connectivity index (χ2n) is 7.92. The number of unbranched alkanes of at least 4 members (excludes halogenated alkanes) is 1. The van der Waals surface area contributed by atoms with Crippen LogP contribution in [-0.2, 0) is 21.2 Å². The molecule has 0 radical (unpaired) electrons. The molecule has 0 fully saturated rings. The maximum atomic E-state index is 13.5. The molecule has 0 atom stereocenters. The van der Waals surface area contributed by atoms with Gasteiger partial charge in [-0.2, -0.15) is 4.31 Å². The average molecular weight is 542 g/mol. The van der Waals surface area contributed by atoms with E-state index in [-0.39, 0.29) is 4.90 Å². The Bertz CT molecular complexity index is 1270. The molecule has 0 unspecified atom stereocenters. The van der Waals surface area contributed by atoms with Gasteiger partial charge in [-0.25, -0.2) is 8.42 Å². The molecule has 0 N–H and O–H groups in total. The van der Waals surface area contributed by atoms with Crippen LogP contribution in [0.3, 0.4) is 0 Å². The van der Waals surface area contributed by atoms with Gasteiger partial charge < -0.3 is 4.74 Å². The first-order valence-electron chi connectivity index (χ1n) is 11.0. The third-order valence-corrected chi connectivity index (χ3v) is 7.70. The summed E-state index contributed by atoms with van der Waals surface area (Å²) >= 11 is 3.42. The van der Waals surface area contributed by atoms with Gasteiger partial charge in [0.25, 0.3) is 15.9 Å². The van der Waals surface area contributed by atoms with Crippen molar-refractivity contribution in [3.63, 3.8) is 0 Å². The van der Waals surface area contributed by atoms with Gasteiger partial charge in [0.2, 0.25) is 0 Å². The normalized spacial score (nSPS) is 11.5. The van der Waals surface area contributed by atoms with Crippen LogP contribution in [-0.4, -0.2) is 21.4 Å². The molecule has 3 aromatic carbocycles. The van der Waals surface area contributed by atoms with E-state index < -0.39 is 15.9 Å². The summed E-state index contributed by atoms with van der Waals surface area (Å²) in [7, 11) is -2.55. The summed E-state index contributed by atoms with van der Waals surface area (Å²) in [5, 5.41) is 0. The van der Waals surface area contributed by atoms with Gasteiger partial charge in [-0.3, -0.25) is 4.79 Å². The van der Waals surface area contributed by atoms with E-state index in [9.17, 15) is 13.2 Å². The van der Waals surface area contributed by atoms with Crippen LogP contribution < -0.4 is 9.04 Å². The molecule has 3 aromatic rings. The molecule has 7 heteroatoms. The van der Waals surface area contributed by atoms with E-state index in [2.05, 4.69) is 22.9 Å². The molecule has 0 heterocycles. The minimum atomic E-state index is -4.12. The number of benzene rings is 3. The van der Waals surface area contributed by atoms with Crippen molar-refractivity contribution in [1.82, 2.24) is 0 Å². The minimum Gasteiger partial charge on any atom is -0.496 e. The van der Waals surface area contributed by atoms with E-state index in [0.717, 1.165) is 44.7 Å². The highest BCUT2D eigenvalue weighted by Gasteiger charge is 2.29. The van der Waals surface area contributed by atoms with Gasteiger partial charge in [0.1, 0.15) is 5.75 Å². The number of anilines is 1. The summed E-state index contributed by atoms with van der Waals surface area (Å²) in [5.41, 5.74) is 3.06. The van der Waals surface area contributed by atoms with Crippen LogP contribution in [0, 0.1) is 6.92 Å². The van der Waals surface area contributed by atoms with Crippen molar-refractivity contribution in [2.45, 2.75) is 38.0 Å². The van der Waals surface area contributed by atoms with Gasteiger partial charge in [-0.05, 0) is 89.3 Å². The minimum absolute atomic E-state index is 0.0575. The van der Waals surface area contributed by atoms with Gasteiger partial charge in [-0.1, -0.05) is 49.2 Å². The number of hydrogen-bond donors (Lipinski definition) is 0. The maximum absolute atomic E-state index is 13.5. The van der Waals surface area contributed by atoms with Crippen molar-refractivity contribution < 1.29 is 17.9 Å².